The molecule has 0 aliphatic rings. The van der Waals surface area contributed by atoms with E-state index in [0.717, 1.165) is 41.8 Å². The highest BCUT2D eigenvalue weighted by molar-refractivity contribution is 5.64. The molecule has 0 saturated heterocycles. The van der Waals surface area contributed by atoms with Crippen LogP contribution in [0.2, 0.25) is 0 Å². The maximum absolute atomic E-state index is 14.3. The van der Waals surface area contributed by atoms with E-state index in [0.29, 0.717) is 12.2 Å². The molecule has 4 heteroatoms. The summed E-state index contributed by atoms with van der Waals surface area (Å²) in [6, 6.07) is 16.5. The number of unbranched alkanes of at least 4 members (excludes halogenated alkanes) is 16. The van der Waals surface area contributed by atoms with Gasteiger partial charge in [0.05, 0.1) is 0 Å². The zero-order valence-electron chi connectivity index (χ0n) is 27.9. The van der Waals surface area contributed by atoms with Crippen molar-refractivity contribution >= 4 is 0 Å². The maximum Gasteiger partial charge on any atom is 0.159 e. The van der Waals surface area contributed by atoms with Gasteiger partial charge in [0.15, 0.2) is 5.82 Å². The van der Waals surface area contributed by atoms with Crippen LogP contribution in [-0.2, 0) is 6.42 Å². The van der Waals surface area contributed by atoms with Crippen molar-refractivity contribution in [3.8, 4) is 28.3 Å². The second-order valence-corrected chi connectivity index (χ2v) is 12.6. The lowest BCUT2D eigenvalue weighted by molar-refractivity contribution is 0.184. The van der Waals surface area contributed by atoms with Crippen molar-refractivity contribution < 1.29 is 9.13 Å². The first-order chi connectivity index (χ1) is 21.7. The van der Waals surface area contributed by atoms with Crippen molar-refractivity contribution in [2.45, 2.75) is 148 Å². The summed E-state index contributed by atoms with van der Waals surface area (Å²) in [5.41, 5.74) is 4.40. The number of nitrogens with zero attached hydrogens (tertiary/aromatic N) is 2. The molecule has 0 spiro atoms. The van der Waals surface area contributed by atoms with Crippen molar-refractivity contribution in [2.24, 2.45) is 0 Å². The topological polar surface area (TPSA) is 35.0 Å². The first-order valence-corrected chi connectivity index (χ1v) is 18.0. The quantitative estimate of drug-likeness (QED) is 0.0905. The number of aromatic nitrogens is 2. The average molecular weight is 603 g/mol. The third kappa shape index (κ3) is 14.8. The standard InChI is InChI=1S/C40H59FN2O/c1-3-5-7-9-11-13-14-15-17-19-21-34-23-25-36(26-24-34)40-42-31-37(32-43-40)35-27-29-39(30-28-35)44-33-38(41)22-20-18-16-12-10-8-6-4-2/h23-32,38H,3-22,33H2,1-2H3. The van der Waals surface area contributed by atoms with Gasteiger partial charge >= 0.3 is 0 Å². The molecule has 3 nitrogen and oxygen atoms in total. The number of halogens is 1. The van der Waals surface area contributed by atoms with E-state index >= 15 is 0 Å². The number of alkyl halides is 1. The van der Waals surface area contributed by atoms with Crippen LogP contribution in [0.15, 0.2) is 60.9 Å². The van der Waals surface area contributed by atoms with Crippen LogP contribution in [0.1, 0.15) is 141 Å². The van der Waals surface area contributed by atoms with Gasteiger partial charge in [-0.3, -0.25) is 0 Å². The van der Waals surface area contributed by atoms with Gasteiger partial charge in [0.1, 0.15) is 18.5 Å². The lowest BCUT2D eigenvalue weighted by Gasteiger charge is -2.11. The third-order valence-electron chi connectivity index (χ3n) is 8.67. The van der Waals surface area contributed by atoms with Crippen LogP contribution in [-0.4, -0.2) is 22.7 Å². The monoisotopic (exact) mass is 602 g/mol. The molecule has 0 fully saturated rings. The molecule has 3 aromatic rings. The molecule has 0 aliphatic heterocycles. The van der Waals surface area contributed by atoms with Gasteiger partial charge < -0.3 is 4.74 Å². The van der Waals surface area contributed by atoms with Crippen LogP contribution in [0.3, 0.4) is 0 Å². The number of hydrogen-bond acceptors (Lipinski definition) is 3. The summed E-state index contributed by atoms with van der Waals surface area (Å²) < 4.78 is 20.0. The van der Waals surface area contributed by atoms with Crippen molar-refractivity contribution in [3.05, 3.63) is 66.5 Å². The maximum atomic E-state index is 14.3. The molecule has 242 valence electrons. The lowest BCUT2D eigenvalue weighted by Crippen LogP contribution is -2.12. The van der Waals surface area contributed by atoms with E-state index in [1.807, 2.05) is 36.7 Å². The molecule has 2 aromatic carbocycles. The Kier molecular flexibility index (Phi) is 18.4. The number of benzene rings is 2. The second kappa shape index (κ2) is 22.7. The van der Waals surface area contributed by atoms with E-state index in [2.05, 4.69) is 48.1 Å². The Labute approximate surface area is 268 Å². The molecule has 0 bridgehead atoms. The number of rotatable bonds is 25. The Balaban J connectivity index is 1.32. The molecule has 3 rings (SSSR count). The molecule has 44 heavy (non-hydrogen) atoms. The van der Waals surface area contributed by atoms with Crippen molar-refractivity contribution in [2.75, 3.05) is 6.61 Å². The van der Waals surface area contributed by atoms with Gasteiger partial charge in [-0.2, -0.15) is 0 Å². The van der Waals surface area contributed by atoms with Crippen LogP contribution in [0.25, 0.3) is 22.5 Å². The molecule has 1 atom stereocenters. The summed E-state index contributed by atoms with van der Waals surface area (Å²) in [4.78, 5) is 9.26. The summed E-state index contributed by atoms with van der Waals surface area (Å²) in [6.07, 6.45) is 28.1. The number of aryl methyl sites for hydroxylation is 1. The minimum Gasteiger partial charge on any atom is -0.491 e. The second-order valence-electron chi connectivity index (χ2n) is 12.6. The Morgan fingerprint density at radius 1 is 0.545 bits per heavy atom. The molecule has 1 heterocycles. The highest BCUT2D eigenvalue weighted by Crippen LogP contribution is 2.24. The fraction of sp³-hybridized carbons (Fsp3) is 0.600. The van der Waals surface area contributed by atoms with E-state index in [-0.39, 0.29) is 6.61 Å². The molecular formula is C40H59FN2O. The Morgan fingerprint density at radius 3 is 1.57 bits per heavy atom. The van der Waals surface area contributed by atoms with E-state index < -0.39 is 6.17 Å². The molecule has 0 amide bonds. The van der Waals surface area contributed by atoms with Crippen LogP contribution in [0.4, 0.5) is 4.39 Å². The van der Waals surface area contributed by atoms with Crippen molar-refractivity contribution in [1.82, 2.24) is 9.97 Å². The van der Waals surface area contributed by atoms with Gasteiger partial charge in [-0.05, 0) is 42.5 Å². The molecule has 0 N–H and O–H groups in total. The van der Waals surface area contributed by atoms with Gasteiger partial charge in [-0.1, -0.05) is 159 Å². The SMILES string of the molecule is CCCCCCCCCCCCc1ccc(-c2ncc(-c3ccc(OCC(F)CCCCCCCCCC)cc3)cn2)cc1. The molecule has 0 radical (unpaired) electrons. The van der Waals surface area contributed by atoms with Crippen LogP contribution < -0.4 is 4.74 Å². The van der Waals surface area contributed by atoms with Crippen LogP contribution in [0, 0.1) is 0 Å². The minimum atomic E-state index is -0.913. The molecule has 1 aromatic heterocycles. The van der Waals surface area contributed by atoms with E-state index in [9.17, 15) is 4.39 Å². The summed E-state index contributed by atoms with van der Waals surface area (Å²) in [7, 11) is 0. The van der Waals surface area contributed by atoms with Crippen molar-refractivity contribution in [3.63, 3.8) is 0 Å². The van der Waals surface area contributed by atoms with E-state index in [4.69, 9.17) is 4.74 Å². The summed E-state index contributed by atoms with van der Waals surface area (Å²) >= 11 is 0. The highest BCUT2D eigenvalue weighted by Gasteiger charge is 2.09. The molecule has 0 aliphatic carbocycles. The highest BCUT2D eigenvalue weighted by atomic mass is 19.1. The molecular weight excluding hydrogens is 543 g/mol. The fourth-order valence-corrected chi connectivity index (χ4v) is 5.78. The summed E-state index contributed by atoms with van der Waals surface area (Å²) in [5.74, 6) is 1.44. The smallest absolute Gasteiger partial charge is 0.159 e. The van der Waals surface area contributed by atoms with Gasteiger partial charge in [-0.15, -0.1) is 0 Å². The zero-order chi connectivity index (χ0) is 31.1. The van der Waals surface area contributed by atoms with Crippen molar-refractivity contribution in [1.29, 1.82) is 0 Å². The number of hydrogen-bond donors (Lipinski definition) is 0. The van der Waals surface area contributed by atoms with Gasteiger partial charge in [-0.25, -0.2) is 14.4 Å². The van der Waals surface area contributed by atoms with Crippen LogP contribution >= 0.6 is 0 Å². The zero-order valence-corrected chi connectivity index (χ0v) is 27.9. The summed E-state index contributed by atoms with van der Waals surface area (Å²) in [6.45, 7) is 4.64. The molecule has 0 saturated carbocycles. The minimum absolute atomic E-state index is 0.117. The summed E-state index contributed by atoms with van der Waals surface area (Å²) in [5, 5.41) is 0. The average Bonchev–Trinajstić information content (AvgIpc) is 3.06. The van der Waals surface area contributed by atoms with Gasteiger partial charge in [0.25, 0.3) is 0 Å². The van der Waals surface area contributed by atoms with Gasteiger partial charge in [0, 0.05) is 23.5 Å². The predicted octanol–water partition coefficient (Wildman–Crippen LogP) is 12.5. The predicted molar refractivity (Wildman–Crippen MR) is 186 cm³/mol. The lowest BCUT2D eigenvalue weighted by atomic mass is 10.0. The van der Waals surface area contributed by atoms with Gasteiger partial charge in [0.2, 0.25) is 0 Å². The fourth-order valence-electron chi connectivity index (χ4n) is 5.78. The Bertz CT molecular complexity index is 1100. The number of ether oxygens (including phenoxy) is 1. The van der Waals surface area contributed by atoms with E-state index in [1.165, 1.54) is 108 Å². The van der Waals surface area contributed by atoms with E-state index in [1.54, 1.807) is 0 Å². The van der Waals surface area contributed by atoms with Crippen LogP contribution in [0.5, 0.6) is 5.75 Å². The Morgan fingerprint density at radius 2 is 1.02 bits per heavy atom. The Hall–Kier alpha value is -2.75. The molecule has 1 unspecified atom stereocenters. The normalized spacial score (nSPS) is 12.0. The largest absolute Gasteiger partial charge is 0.491 e. The third-order valence-corrected chi connectivity index (χ3v) is 8.67. The first-order valence-electron chi connectivity index (χ1n) is 18.0. The first kappa shape index (κ1) is 35.7.